The van der Waals surface area contributed by atoms with Gasteiger partial charge in [0.1, 0.15) is 0 Å². The van der Waals surface area contributed by atoms with Crippen molar-refractivity contribution in [3.63, 3.8) is 0 Å². The van der Waals surface area contributed by atoms with Crippen LogP contribution in [0.3, 0.4) is 0 Å². The van der Waals surface area contributed by atoms with E-state index in [-0.39, 0.29) is 5.54 Å². The Balaban J connectivity index is 2.24. The molecule has 0 saturated heterocycles. The number of hydrogen-bond donors (Lipinski definition) is 2. The maximum atomic E-state index is 6.63. The molecule has 0 aromatic rings. The zero-order chi connectivity index (χ0) is 12.0. The predicted octanol–water partition coefficient (Wildman–Crippen LogP) is 2.80. The van der Waals surface area contributed by atoms with E-state index >= 15 is 0 Å². The number of hydrogen-bond acceptors (Lipinski definition) is 2. The maximum Gasteiger partial charge on any atom is 0.0164 e. The highest BCUT2D eigenvalue weighted by Crippen LogP contribution is 2.50. The Kier molecular flexibility index (Phi) is 2.87. The molecular weight excluding hydrogens is 196 g/mol. The smallest absolute Gasteiger partial charge is 0.0164 e. The van der Waals surface area contributed by atoms with Crippen LogP contribution >= 0.6 is 0 Å². The van der Waals surface area contributed by atoms with E-state index in [2.05, 4.69) is 20.8 Å². The van der Waals surface area contributed by atoms with Gasteiger partial charge in [0.2, 0.25) is 0 Å². The molecule has 2 aliphatic carbocycles. The predicted molar refractivity (Wildman–Crippen MR) is 69.1 cm³/mol. The summed E-state index contributed by atoms with van der Waals surface area (Å²) in [5.74, 6) is 0. The average Bonchev–Trinajstić information content (AvgIpc) is 1.94. The van der Waals surface area contributed by atoms with Crippen LogP contribution in [0.15, 0.2) is 0 Å². The molecule has 0 amide bonds. The van der Waals surface area contributed by atoms with Gasteiger partial charge in [-0.2, -0.15) is 0 Å². The normalized spacial score (nSPS) is 48.2. The molecule has 0 aromatic carbocycles. The summed E-state index contributed by atoms with van der Waals surface area (Å²) in [5.41, 5.74) is 13.7. The van der Waals surface area contributed by atoms with Crippen LogP contribution in [0.25, 0.3) is 0 Å². The van der Waals surface area contributed by atoms with Crippen molar-refractivity contribution in [1.29, 1.82) is 0 Å². The summed E-state index contributed by atoms with van der Waals surface area (Å²) in [7, 11) is 0. The molecule has 4 N–H and O–H groups in total. The van der Waals surface area contributed by atoms with E-state index in [4.69, 9.17) is 11.5 Å². The second-order valence-electron chi connectivity index (χ2n) is 7.71. The fraction of sp³-hybridized carbons (Fsp3) is 1.00. The SMILES string of the molecule is CC1(C)CC(N)CC2(C)CCCC(N)(C1)C2. The molecule has 16 heavy (non-hydrogen) atoms. The van der Waals surface area contributed by atoms with Gasteiger partial charge < -0.3 is 11.5 Å². The summed E-state index contributed by atoms with van der Waals surface area (Å²) >= 11 is 0. The van der Waals surface area contributed by atoms with E-state index in [1.807, 2.05) is 0 Å². The minimum absolute atomic E-state index is 0.0800. The van der Waals surface area contributed by atoms with Crippen LogP contribution < -0.4 is 11.5 Å². The monoisotopic (exact) mass is 224 g/mol. The lowest BCUT2D eigenvalue weighted by Gasteiger charge is -2.51. The van der Waals surface area contributed by atoms with E-state index < -0.39 is 0 Å². The van der Waals surface area contributed by atoms with Gasteiger partial charge in [0.15, 0.2) is 0 Å². The standard InChI is InChI=1S/C14H28N2/c1-12(2)7-11(15)8-13(3)5-4-6-14(16,9-12)10-13/h11H,4-10,15-16H2,1-3H3. The molecule has 0 spiro atoms. The number of fused-ring (bicyclic) bond motifs is 2. The van der Waals surface area contributed by atoms with Crippen LogP contribution in [-0.2, 0) is 0 Å². The molecule has 2 bridgehead atoms. The van der Waals surface area contributed by atoms with Gasteiger partial charge in [-0.05, 0) is 49.4 Å². The molecule has 2 aliphatic rings. The third-order valence-corrected chi connectivity index (χ3v) is 4.63. The first-order valence-electron chi connectivity index (χ1n) is 6.77. The Morgan fingerprint density at radius 2 is 1.69 bits per heavy atom. The maximum absolute atomic E-state index is 6.63. The van der Waals surface area contributed by atoms with Crippen molar-refractivity contribution in [3.05, 3.63) is 0 Å². The van der Waals surface area contributed by atoms with E-state index in [1.165, 1.54) is 25.7 Å². The number of nitrogens with two attached hydrogens (primary N) is 2. The van der Waals surface area contributed by atoms with Gasteiger partial charge in [-0.3, -0.25) is 0 Å². The van der Waals surface area contributed by atoms with Crippen molar-refractivity contribution >= 4 is 0 Å². The largest absolute Gasteiger partial charge is 0.328 e. The topological polar surface area (TPSA) is 52.0 Å². The van der Waals surface area contributed by atoms with Crippen molar-refractivity contribution < 1.29 is 0 Å². The molecule has 2 heteroatoms. The van der Waals surface area contributed by atoms with Crippen molar-refractivity contribution in [2.24, 2.45) is 22.3 Å². The fourth-order valence-electron chi connectivity index (χ4n) is 4.66. The molecule has 2 fully saturated rings. The molecule has 0 heterocycles. The average molecular weight is 224 g/mol. The molecule has 0 radical (unpaired) electrons. The van der Waals surface area contributed by atoms with Crippen LogP contribution in [0.1, 0.15) is 65.7 Å². The van der Waals surface area contributed by atoms with Crippen molar-refractivity contribution in [3.8, 4) is 0 Å². The summed E-state index contributed by atoms with van der Waals surface area (Å²) in [5, 5.41) is 0. The van der Waals surface area contributed by atoms with Crippen LogP contribution in [0.4, 0.5) is 0 Å². The minimum Gasteiger partial charge on any atom is -0.328 e. The van der Waals surface area contributed by atoms with Gasteiger partial charge in [-0.15, -0.1) is 0 Å². The highest BCUT2D eigenvalue weighted by molar-refractivity contribution is 5.02. The highest BCUT2D eigenvalue weighted by atomic mass is 14.8. The van der Waals surface area contributed by atoms with Gasteiger partial charge in [-0.25, -0.2) is 0 Å². The molecule has 2 nitrogen and oxygen atoms in total. The van der Waals surface area contributed by atoms with Crippen LogP contribution in [0.5, 0.6) is 0 Å². The summed E-state index contributed by atoms with van der Waals surface area (Å²) < 4.78 is 0. The van der Waals surface area contributed by atoms with Gasteiger partial charge in [0.25, 0.3) is 0 Å². The second kappa shape index (κ2) is 3.71. The Bertz CT molecular complexity index is 270. The van der Waals surface area contributed by atoms with Crippen LogP contribution in [-0.4, -0.2) is 11.6 Å². The van der Waals surface area contributed by atoms with Gasteiger partial charge >= 0.3 is 0 Å². The van der Waals surface area contributed by atoms with E-state index in [9.17, 15) is 0 Å². The zero-order valence-corrected chi connectivity index (χ0v) is 11.2. The molecular formula is C14H28N2. The highest BCUT2D eigenvalue weighted by Gasteiger charge is 2.45. The lowest BCUT2D eigenvalue weighted by atomic mass is 9.58. The molecule has 94 valence electrons. The summed E-state index contributed by atoms with van der Waals surface area (Å²) in [6, 6.07) is 0.364. The van der Waals surface area contributed by atoms with Crippen LogP contribution in [0.2, 0.25) is 0 Å². The Morgan fingerprint density at radius 3 is 2.38 bits per heavy atom. The minimum atomic E-state index is 0.0800. The Morgan fingerprint density at radius 1 is 1.00 bits per heavy atom. The zero-order valence-electron chi connectivity index (χ0n) is 11.2. The summed E-state index contributed by atoms with van der Waals surface area (Å²) in [6.07, 6.45) is 8.43. The fourth-order valence-corrected chi connectivity index (χ4v) is 4.66. The molecule has 0 aliphatic heterocycles. The van der Waals surface area contributed by atoms with Crippen molar-refractivity contribution in [2.45, 2.75) is 77.3 Å². The first kappa shape index (κ1) is 12.4. The first-order chi connectivity index (χ1) is 7.22. The van der Waals surface area contributed by atoms with Gasteiger partial charge in [0.05, 0.1) is 0 Å². The first-order valence-corrected chi connectivity index (χ1v) is 6.77. The van der Waals surface area contributed by atoms with Crippen molar-refractivity contribution in [1.82, 2.24) is 0 Å². The molecule has 3 atom stereocenters. The molecule has 3 unspecified atom stereocenters. The van der Waals surface area contributed by atoms with E-state index in [1.54, 1.807) is 0 Å². The van der Waals surface area contributed by atoms with Gasteiger partial charge in [0, 0.05) is 11.6 Å². The summed E-state index contributed by atoms with van der Waals surface area (Å²) in [6.45, 7) is 7.06. The van der Waals surface area contributed by atoms with Crippen molar-refractivity contribution in [2.75, 3.05) is 0 Å². The lowest BCUT2D eigenvalue weighted by Crippen LogP contribution is -2.53. The van der Waals surface area contributed by atoms with E-state index in [0.717, 1.165) is 19.3 Å². The van der Waals surface area contributed by atoms with Crippen LogP contribution in [0, 0.1) is 10.8 Å². The molecule has 2 rings (SSSR count). The number of rotatable bonds is 0. The molecule has 2 saturated carbocycles. The second-order valence-corrected chi connectivity index (χ2v) is 7.71. The Labute approximate surface area is 100 Å². The Hall–Kier alpha value is -0.0800. The van der Waals surface area contributed by atoms with Gasteiger partial charge in [-0.1, -0.05) is 27.2 Å². The third kappa shape index (κ3) is 2.60. The quantitative estimate of drug-likeness (QED) is 0.665. The lowest BCUT2D eigenvalue weighted by molar-refractivity contribution is 0.0485. The van der Waals surface area contributed by atoms with E-state index in [0.29, 0.717) is 16.9 Å². The molecule has 0 aromatic heterocycles. The summed E-state index contributed by atoms with van der Waals surface area (Å²) in [4.78, 5) is 0. The third-order valence-electron chi connectivity index (χ3n) is 4.63.